The van der Waals surface area contributed by atoms with E-state index in [1.807, 2.05) is 20.8 Å². The summed E-state index contributed by atoms with van der Waals surface area (Å²) in [4.78, 5) is 14.6. The summed E-state index contributed by atoms with van der Waals surface area (Å²) in [6.07, 6.45) is 4.40. The topological polar surface area (TPSA) is 41.6 Å². The number of likely N-dealkylation sites (tertiary alicyclic amines) is 1. The molecule has 0 aromatic rings. The minimum absolute atomic E-state index is 0.197. The fourth-order valence-electron chi connectivity index (χ4n) is 3.46. The molecular weight excluding hydrogens is 288 g/mol. The van der Waals surface area contributed by atoms with Gasteiger partial charge >= 0.3 is 6.09 Å². The van der Waals surface area contributed by atoms with Gasteiger partial charge in [0.2, 0.25) is 0 Å². The number of nitrogens with zero attached hydrogens (tertiary/aromatic N) is 1. The minimum atomic E-state index is -0.439. The summed E-state index contributed by atoms with van der Waals surface area (Å²) in [5.41, 5.74) is -0.111. The zero-order valence-electron chi connectivity index (χ0n) is 16.4. The van der Waals surface area contributed by atoms with E-state index in [0.29, 0.717) is 11.3 Å². The molecule has 1 rings (SSSR count). The summed E-state index contributed by atoms with van der Waals surface area (Å²) < 4.78 is 5.42. The number of amides is 1. The lowest BCUT2D eigenvalue weighted by Gasteiger charge is -2.40. The van der Waals surface area contributed by atoms with Crippen LogP contribution >= 0.6 is 0 Å². The molecule has 0 aromatic carbocycles. The van der Waals surface area contributed by atoms with Gasteiger partial charge in [0.05, 0.1) is 0 Å². The van der Waals surface area contributed by atoms with Gasteiger partial charge in [-0.25, -0.2) is 4.79 Å². The number of hydrogen-bond donors (Lipinski definition) is 1. The predicted octanol–water partition coefficient (Wildman–Crippen LogP) is 4.44. The SMILES string of the molecule is CCCCN1CC(CC(C)(C)C)CC(NC(=O)OC(C)(C)C)C1. The normalized spacial score (nSPS) is 23.6. The average Bonchev–Trinajstić information content (AvgIpc) is 2.31. The van der Waals surface area contributed by atoms with E-state index in [0.717, 1.165) is 26.1 Å². The predicted molar refractivity (Wildman–Crippen MR) is 96.7 cm³/mol. The molecule has 0 radical (unpaired) electrons. The summed E-state index contributed by atoms with van der Waals surface area (Å²) in [5.74, 6) is 0.639. The van der Waals surface area contributed by atoms with E-state index in [1.54, 1.807) is 0 Å². The highest BCUT2D eigenvalue weighted by atomic mass is 16.6. The second-order valence-corrected chi connectivity index (χ2v) is 9.32. The van der Waals surface area contributed by atoms with Crippen molar-refractivity contribution in [2.24, 2.45) is 11.3 Å². The number of nitrogens with one attached hydrogen (secondary N) is 1. The van der Waals surface area contributed by atoms with Gasteiger partial charge in [-0.1, -0.05) is 34.1 Å². The highest BCUT2D eigenvalue weighted by Crippen LogP contribution is 2.30. The zero-order valence-corrected chi connectivity index (χ0v) is 16.4. The van der Waals surface area contributed by atoms with Crippen molar-refractivity contribution in [1.82, 2.24) is 10.2 Å². The number of ether oxygens (including phenoxy) is 1. The van der Waals surface area contributed by atoms with E-state index in [9.17, 15) is 4.79 Å². The van der Waals surface area contributed by atoms with Crippen LogP contribution in [0.5, 0.6) is 0 Å². The van der Waals surface area contributed by atoms with Crippen molar-refractivity contribution in [3.63, 3.8) is 0 Å². The fraction of sp³-hybridized carbons (Fsp3) is 0.947. The van der Waals surface area contributed by atoms with Crippen LogP contribution in [-0.2, 0) is 4.74 Å². The molecule has 0 saturated carbocycles. The lowest BCUT2D eigenvalue weighted by molar-refractivity contribution is 0.0432. The van der Waals surface area contributed by atoms with Gasteiger partial charge in [-0.05, 0) is 57.9 Å². The van der Waals surface area contributed by atoms with Crippen molar-refractivity contribution in [3.8, 4) is 0 Å². The molecule has 1 aliphatic rings. The van der Waals surface area contributed by atoms with Gasteiger partial charge in [0.15, 0.2) is 0 Å². The molecule has 1 heterocycles. The molecular formula is C19H38N2O2. The Bertz CT molecular complexity index is 369. The van der Waals surface area contributed by atoms with Crippen LogP contribution in [0.1, 0.15) is 74.1 Å². The summed E-state index contributed by atoms with van der Waals surface area (Å²) in [7, 11) is 0. The number of carbonyl (C=O) groups is 1. The van der Waals surface area contributed by atoms with Crippen LogP contribution in [-0.4, -0.2) is 42.3 Å². The summed E-state index contributed by atoms with van der Waals surface area (Å²) >= 11 is 0. The molecule has 1 fully saturated rings. The van der Waals surface area contributed by atoms with E-state index < -0.39 is 5.60 Å². The molecule has 2 atom stereocenters. The van der Waals surface area contributed by atoms with Crippen LogP contribution in [0.2, 0.25) is 0 Å². The van der Waals surface area contributed by atoms with Crippen molar-refractivity contribution in [3.05, 3.63) is 0 Å². The van der Waals surface area contributed by atoms with E-state index >= 15 is 0 Å². The first-order valence-corrected chi connectivity index (χ1v) is 9.20. The van der Waals surface area contributed by atoms with Gasteiger partial charge in [-0.2, -0.15) is 0 Å². The smallest absolute Gasteiger partial charge is 0.407 e. The molecule has 0 spiro atoms. The quantitative estimate of drug-likeness (QED) is 0.812. The molecule has 4 nitrogen and oxygen atoms in total. The van der Waals surface area contributed by atoms with Gasteiger partial charge in [-0.15, -0.1) is 0 Å². The molecule has 1 aliphatic heterocycles. The Morgan fingerprint density at radius 2 is 1.83 bits per heavy atom. The van der Waals surface area contributed by atoms with Crippen molar-refractivity contribution in [2.75, 3.05) is 19.6 Å². The van der Waals surface area contributed by atoms with Gasteiger partial charge in [-0.3, -0.25) is 0 Å². The lowest BCUT2D eigenvalue weighted by Crippen LogP contribution is -2.52. The molecule has 1 amide bonds. The number of alkyl carbamates (subject to hydrolysis) is 1. The van der Waals surface area contributed by atoms with Gasteiger partial charge in [0, 0.05) is 19.1 Å². The van der Waals surface area contributed by atoms with Crippen LogP contribution in [0.25, 0.3) is 0 Å². The summed E-state index contributed by atoms with van der Waals surface area (Å²) in [6.45, 7) is 18.1. The van der Waals surface area contributed by atoms with Crippen LogP contribution < -0.4 is 5.32 Å². The first-order chi connectivity index (χ1) is 10.5. The molecule has 1 N–H and O–H groups in total. The third kappa shape index (κ3) is 9.19. The Labute approximate surface area is 143 Å². The number of piperidine rings is 1. The van der Waals surface area contributed by atoms with E-state index in [4.69, 9.17) is 4.74 Å². The largest absolute Gasteiger partial charge is 0.444 e. The monoisotopic (exact) mass is 326 g/mol. The van der Waals surface area contributed by atoms with Crippen molar-refractivity contribution < 1.29 is 9.53 Å². The number of rotatable bonds is 5. The van der Waals surface area contributed by atoms with Gasteiger partial charge in [0.25, 0.3) is 0 Å². The van der Waals surface area contributed by atoms with Crippen LogP contribution in [0, 0.1) is 11.3 Å². The first-order valence-electron chi connectivity index (χ1n) is 9.20. The molecule has 1 saturated heterocycles. The van der Waals surface area contributed by atoms with E-state index in [-0.39, 0.29) is 12.1 Å². The van der Waals surface area contributed by atoms with Crippen LogP contribution in [0.3, 0.4) is 0 Å². The maximum absolute atomic E-state index is 12.1. The van der Waals surface area contributed by atoms with E-state index in [1.165, 1.54) is 19.3 Å². The highest BCUT2D eigenvalue weighted by Gasteiger charge is 2.31. The van der Waals surface area contributed by atoms with E-state index in [2.05, 4.69) is 37.9 Å². The number of hydrogen-bond acceptors (Lipinski definition) is 3. The van der Waals surface area contributed by atoms with Crippen molar-refractivity contribution in [1.29, 1.82) is 0 Å². The Kier molecular flexibility index (Phi) is 7.37. The third-order valence-electron chi connectivity index (χ3n) is 4.06. The molecule has 2 unspecified atom stereocenters. The van der Waals surface area contributed by atoms with Gasteiger partial charge in [0.1, 0.15) is 5.60 Å². The first kappa shape index (κ1) is 20.3. The fourth-order valence-corrected chi connectivity index (χ4v) is 3.46. The summed E-state index contributed by atoms with van der Waals surface area (Å²) in [5, 5.41) is 3.09. The third-order valence-corrected chi connectivity index (χ3v) is 4.06. The Morgan fingerprint density at radius 1 is 1.17 bits per heavy atom. The number of unbranched alkanes of at least 4 members (excludes halogenated alkanes) is 1. The zero-order chi connectivity index (χ0) is 17.7. The molecule has 0 bridgehead atoms. The highest BCUT2D eigenvalue weighted by molar-refractivity contribution is 5.68. The Hall–Kier alpha value is -0.770. The summed E-state index contributed by atoms with van der Waals surface area (Å²) in [6, 6.07) is 0.197. The van der Waals surface area contributed by atoms with Crippen molar-refractivity contribution in [2.45, 2.75) is 85.8 Å². The average molecular weight is 327 g/mol. The minimum Gasteiger partial charge on any atom is -0.444 e. The maximum atomic E-state index is 12.1. The maximum Gasteiger partial charge on any atom is 0.407 e. The van der Waals surface area contributed by atoms with Crippen molar-refractivity contribution >= 4 is 6.09 Å². The Balaban J connectivity index is 2.63. The Morgan fingerprint density at radius 3 is 2.35 bits per heavy atom. The molecule has 4 heteroatoms. The second-order valence-electron chi connectivity index (χ2n) is 9.32. The standard InChI is InChI=1S/C19H38N2O2/c1-8-9-10-21-13-15(12-18(2,3)4)11-16(14-21)20-17(22)23-19(5,6)7/h15-16H,8-14H2,1-7H3,(H,20,22). The number of carbonyl (C=O) groups excluding carboxylic acids is 1. The van der Waals surface area contributed by atoms with Crippen LogP contribution in [0.4, 0.5) is 4.79 Å². The second kappa shape index (κ2) is 8.36. The molecule has 0 aromatic heterocycles. The molecule has 136 valence electrons. The lowest BCUT2D eigenvalue weighted by atomic mass is 9.80. The molecule has 0 aliphatic carbocycles. The van der Waals surface area contributed by atoms with Crippen LogP contribution in [0.15, 0.2) is 0 Å². The van der Waals surface area contributed by atoms with Gasteiger partial charge < -0.3 is 15.0 Å². The molecule has 23 heavy (non-hydrogen) atoms.